The fourth-order valence-electron chi connectivity index (χ4n) is 1.27. The molecular weight excluding hydrogens is 170 g/mol. The SMILES string of the molecule is Fc1ccc(-c2ccccc2)cc1.[H-].[Li+]. The molecule has 66 valence electrons. The summed E-state index contributed by atoms with van der Waals surface area (Å²) in [5.74, 6) is -0.195. The number of rotatable bonds is 1. The molecule has 0 aliphatic rings. The molecule has 2 heteroatoms. The monoisotopic (exact) mass is 180 g/mol. The van der Waals surface area contributed by atoms with Crippen LogP contribution >= 0.6 is 0 Å². The molecule has 0 spiro atoms. The molecule has 0 aromatic heterocycles. The zero-order chi connectivity index (χ0) is 9.10. The third kappa shape index (κ3) is 2.48. The summed E-state index contributed by atoms with van der Waals surface area (Å²) in [5.41, 5.74) is 2.16. The molecule has 0 bridgehead atoms. The van der Waals surface area contributed by atoms with Gasteiger partial charge in [0.15, 0.2) is 0 Å². The Balaban J connectivity index is 0.000000980. The Morgan fingerprint density at radius 2 is 1.21 bits per heavy atom. The number of hydrogen-bond donors (Lipinski definition) is 0. The maximum atomic E-state index is 12.6. The van der Waals surface area contributed by atoms with E-state index in [9.17, 15) is 4.39 Å². The maximum Gasteiger partial charge on any atom is 1.00 e. The average Bonchev–Trinajstić information content (AvgIpc) is 2.20. The minimum Gasteiger partial charge on any atom is -1.00 e. The molecule has 0 aliphatic heterocycles. The van der Waals surface area contributed by atoms with Crippen molar-refractivity contribution in [2.45, 2.75) is 0 Å². The van der Waals surface area contributed by atoms with Crippen LogP contribution in [0.5, 0.6) is 0 Å². The Hall–Kier alpha value is -1.03. The summed E-state index contributed by atoms with van der Waals surface area (Å²) in [5, 5.41) is 0. The number of halogens is 1. The standard InChI is InChI=1S/C12H9F.Li.H/c13-12-8-6-11(7-9-12)10-4-2-1-3-5-10;;/h1-9H;;/q;+1;-1. The second-order valence-corrected chi connectivity index (χ2v) is 2.87. The number of benzene rings is 2. The quantitative estimate of drug-likeness (QED) is 0.564. The molecular formula is C12H10FLi. The van der Waals surface area contributed by atoms with Crippen molar-refractivity contribution in [1.29, 1.82) is 0 Å². The van der Waals surface area contributed by atoms with Crippen LogP contribution in [-0.2, 0) is 0 Å². The summed E-state index contributed by atoms with van der Waals surface area (Å²) in [6.07, 6.45) is 0. The van der Waals surface area contributed by atoms with Crippen molar-refractivity contribution in [2.75, 3.05) is 0 Å². The van der Waals surface area contributed by atoms with Gasteiger partial charge in [0.25, 0.3) is 0 Å². The van der Waals surface area contributed by atoms with E-state index in [1.165, 1.54) is 12.1 Å². The second kappa shape index (κ2) is 5.00. The molecule has 0 radical (unpaired) electrons. The van der Waals surface area contributed by atoms with Crippen molar-refractivity contribution in [3.8, 4) is 11.1 Å². The maximum absolute atomic E-state index is 12.6. The van der Waals surface area contributed by atoms with Crippen LogP contribution in [0.15, 0.2) is 54.6 Å². The predicted molar refractivity (Wildman–Crippen MR) is 52.9 cm³/mol. The predicted octanol–water partition coefficient (Wildman–Crippen LogP) is 0.609. The van der Waals surface area contributed by atoms with Crippen LogP contribution in [0.4, 0.5) is 4.39 Å². The fraction of sp³-hybridized carbons (Fsp3) is 0. The van der Waals surface area contributed by atoms with E-state index in [1.807, 2.05) is 30.3 Å². The zero-order valence-electron chi connectivity index (χ0n) is 9.07. The summed E-state index contributed by atoms with van der Waals surface area (Å²) in [6.45, 7) is 0. The molecule has 0 nitrogen and oxygen atoms in total. The van der Waals surface area contributed by atoms with Gasteiger partial charge in [0.2, 0.25) is 0 Å². The molecule has 0 saturated carbocycles. The topological polar surface area (TPSA) is 0 Å². The van der Waals surface area contributed by atoms with Gasteiger partial charge in [-0.25, -0.2) is 4.39 Å². The number of hydrogen-bond acceptors (Lipinski definition) is 0. The summed E-state index contributed by atoms with van der Waals surface area (Å²) < 4.78 is 12.6. The molecule has 0 N–H and O–H groups in total. The van der Waals surface area contributed by atoms with Gasteiger partial charge in [-0.05, 0) is 23.3 Å². The summed E-state index contributed by atoms with van der Waals surface area (Å²) >= 11 is 0. The molecule has 0 atom stereocenters. The van der Waals surface area contributed by atoms with Gasteiger partial charge in [-0.2, -0.15) is 0 Å². The van der Waals surface area contributed by atoms with Crippen LogP contribution in [0.25, 0.3) is 11.1 Å². The van der Waals surface area contributed by atoms with Crippen molar-refractivity contribution < 1.29 is 24.7 Å². The van der Waals surface area contributed by atoms with Crippen molar-refractivity contribution in [3.63, 3.8) is 0 Å². The van der Waals surface area contributed by atoms with Gasteiger partial charge < -0.3 is 1.43 Å². The third-order valence-electron chi connectivity index (χ3n) is 1.95. The molecule has 0 fully saturated rings. The van der Waals surface area contributed by atoms with Crippen molar-refractivity contribution in [1.82, 2.24) is 0 Å². The Bertz CT molecular complexity index is 386. The largest absolute Gasteiger partial charge is 1.00 e. The Morgan fingerprint density at radius 1 is 0.714 bits per heavy atom. The minimum absolute atomic E-state index is 0. The molecule has 0 saturated heterocycles. The van der Waals surface area contributed by atoms with Crippen LogP contribution in [0.1, 0.15) is 1.43 Å². The first kappa shape index (κ1) is 11.0. The van der Waals surface area contributed by atoms with Crippen molar-refractivity contribution >= 4 is 0 Å². The van der Waals surface area contributed by atoms with Gasteiger partial charge in [-0.1, -0.05) is 42.5 Å². The van der Waals surface area contributed by atoms with Gasteiger partial charge in [0, 0.05) is 0 Å². The molecule has 2 aromatic carbocycles. The van der Waals surface area contributed by atoms with Gasteiger partial charge in [-0.3, -0.25) is 0 Å². The molecule has 0 unspecified atom stereocenters. The molecule has 2 rings (SSSR count). The molecule has 14 heavy (non-hydrogen) atoms. The third-order valence-corrected chi connectivity index (χ3v) is 1.95. The molecule has 0 aliphatic carbocycles. The van der Waals surface area contributed by atoms with Crippen LogP contribution < -0.4 is 18.9 Å². The molecule has 2 aromatic rings. The van der Waals surface area contributed by atoms with E-state index in [-0.39, 0.29) is 26.1 Å². The second-order valence-electron chi connectivity index (χ2n) is 2.87. The average molecular weight is 180 g/mol. The first-order chi connectivity index (χ1) is 6.36. The summed E-state index contributed by atoms with van der Waals surface area (Å²) in [7, 11) is 0. The van der Waals surface area contributed by atoms with Crippen LogP contribution in [-0.4, -0.2) is 0 Å². The zero-order valence-corrected chi connectivity index (χ0v) is 8.07. The summed E-state index contributed by atoms with van der Waals surface area (Å²) in [4.78, 5) is 0. The van der Waals surface area contributed by atoms with Crippen LogP contribution in [0, 0.1) is 5.82 Å². The minimum atomic E-state index is -0.195. The van der Waals surface area contributed by atoms with Crippen molar-refractivity contribution in [2.24, 2.45) is 0 Å². The van der Waals surface area contributed by atoms with E-state index in [1.54, 1.807) is 12.1 Å². The van der Waals surface area contributed by atoms with Crippen LogP contribution in [0.3, 0.4) is 0 Å². The fourth-order valence-corrected chi connectivity index (χ4v) is 1.27. The normalized spacial score (nSPS) is 9.21. The van der Waals surface area contributed by atoms with Crippen LogP contribution in [0.2, 0.25) is 0 Å². The molecule has 0 amide bonds. The Kier molecular flexibility index (Phi) is 3.94. The molecule has 0 heterocycles. The van der Waals surface area contributed by atoms with E-state index in [4.69, 9.17) is 0 Å². The Morgan fingerprint density at radius 3 is 1.79 bits per heavy atom. The van der Waals surface area contributed by atoms with E-state index in [2.05, 4.69) is 0 Å². The van der Waals surface area contributed by atoms with E-state index >= 15 is 0 Å². The van der Waals surface area contributed by atoms with E-state index < -0.39 is 0 Å². The smallest absolute Gasteiger partial charge is 1.00 e. The van der Waals surface area contributed by atoms with Crippen molar-refractivity contribution in [3.05, 3.63) is 60.4 Å². The van der Waals surface area contributed by atoms with E-state index in [0.717, 1.165) is 11.1 Å². The van der Waals surface area contributed by atoms with Gasteiger partial charge in [0.1, 0.15) is 5.82 Å². The first-order valence-electron chi connectivity index (χ1n) is 4.17. The van der Waals surface area contributed by atoms with E-state index in [0.29, 0.717) is 0 Å². The summed E-state index contributed by atoms with van der Waals surface area (Å²) in [6, 6.07) is 16.4. The van der Waals surface area contributed by atoms with Gasteiger partial charge >= 0.3 is 18.9 Å². The first-order valence-corrected chi connectivity index (χ1v) is 4.17. The Labute approximate surface area is 96.4 Å². The van der Waals surface area contributed by atoms with Gasteiger partial charge in [-0.15, -0.1) is 0 Å². The van der Waals surface area contributed by atoms with Gasteiger partial charge in [0.05, 0.1) is 0 Å².